The molecular formula is C9H7ClN5O2S-. The highest BCUT2D eigenvalue weighted by Crippen LogP contribution is 2.25. The van der Waals surface area contributed by atoms with E-state index < -0.39 is 16.8 Å². The van der Waals surface area contributed by atoms with Gasteiger partial charge in [-0.25, -0.2) is 4.98 Å². The van der Waals surface area contributed by atoms with E-state index in [4.69, 9.17) is 22.6 Å². The van der Waals surface area contributed by atoms with E-state index in [0.717, 1.165) is 0 Å². The average molecular weight is 285 g/mol. The van der Waals surface area contributed by atoms with E-state index in [2.05, 4.69) is 10.1 Å². The molecule has 0 aromatic carbocycles. The van der Waals surface area contributed by atoms with Crippen molar-refractivity contribution in [1.82, 2.24) is 14.6 Å². The number of fused-ring (bicyclic) bond motifs is 1. The summed E-state index contributed by atoms with van der Waals surface area (Å²) in [7, 11) is 0. The van der Waals surface area contributed by atoms with E-state index in [1.165, 1.54) is 4.52 Å². The summed E-state index contributed by atoms with van der Waals surface area (Å²) in [6.45, 7) is 1.66. The van der Waals surface area contributed by atoms with Gasteiger partial charge in [-0.3, -0.25) is 4.21 Å². The predicted octanol–water partition coefficient (Wildman–Crippen LogP) is 0.524. The van der Waals surface area contributed by atoms with Gasteiger partial charge in [-0.15, -0.1) is 0 Å². The van der Waals surface area contributed by atoms with Gasteiger partial charge >= 0.3 is 0 Å². The zero-order valence-corrected chi connectivity index (χ0v) is 10.7. The Labute approximate surface area is 109 Å². The van der Waals surface area contributed by atoms with Crippen LogP contribution in [0.5, 0.6) is 0 Å². The Kier molecular flexibility index (Phi) is 3.21. The monoisotopic (exact) mass is 284 g/mol. The Morgan fingerprint density at radius 1 is 1.67 bits per heavy atom. The van der Waals surface area contributed by atoms with Crippen molar-refractivity contribution in [1.29, 1.82) is 5.26 Å². The third-order valence-electron chi connectivity index (χ3n) is 2.34. The number of hydrogen-bond donors (Lipinski definition) is 1. The van der Waals surface area contributed by atoms with Gasteiger partial charge in [0, 0.05) is 0 Å². The second-order valence-corrected chi connectivity index (χ2v) is 4.79. The number of aryl methyl sites for hydroxylation is 1. The summed E-state index contributed by atoms with van der Waals surface area (Å²) in [5.41, 5.74) is 6.57. The molecule has 0 radical (unpaired) electrons. The molecule has 2 aromatic heterocycles. The summed E-state index contributed by atoms with van der Waals surface area (Å²) >= 11 is 3.61. The third-order valence-corrected chi connectivity index (χ3v) is 3.30. The van der Waals surface area contributed by atoms with Crippen molar-refractivity contribution < 1.29 is 8.76 Å². The van der Waals surface area contributed by atoms with E-state index in [-0.39, 0.29) is 27.7 Å². The van der Waals surface area contributed by atoms with Gasteiger partial charge in [0.2, 0.25) is 0 Å². The molecule has 1 unspecified atom stereocenters. The Bertz CT molecular complexity index is 705. The lowest BCUT2D eigenvalue weighted by molar-refractivity contribution is 0.535. The molecule has 0 saturated carbocycles. The van der Waals surface area contributed by atoms with Crippen molar-refractivity contribution in [2.24, 2.45) is 0 Å². The summed E-state index contributed by atoms with van der Waals surface area (Å²) in [5, 5.41) is 13.3. The number of halogens is 1. The largest absolute Gasteiger partial charge is 0.772 e. The summed E-state index contributed by atoms with van der Waals surface area (Å²) in [4.78, 5) is 4.04. The first kappa shape index (κ1) is 12.8. The molecule has 0 spiro atoms. The maximum atomic E-state index is 10.7. The van der Waals surface area contributed by atoms with Crippen LogP contribution in [0.1, 0.15) is 17.0 Å². The van der Waals surface area contributed by atoms with Crippen LogP contribution < -0.4 is 5.73 Å². The van der Waals surface area contributed by atoms with Crippen molar-refractivity contribution >= 4 is 34.1 Å². The average Bonchev–Trinajstić information content (AvgIpc) is 2.57. The van der Waals surface area contributed by atoms with Gasteiger partial charge in [0.25, 0.3) is 0 Å². The Hall–Kier alpha value is -1.69. The Morgan fingerprint density at radius 2 is 2.33 bits per heavy atom. The smallest absolute Gasteiger partial charge is 0.176 e. The van der Waals surface area contributed by atoms with Crippen LogP contribution in [0.3, 0.4) is 0 Å². The number of nitrogens with two attached hydrogens (primary N) is 1. The molecule has 2 aromatic rings. The molecule has 2 N–H and O–H groups in total. The minimum absolute atomic E-state index is 0.00846. The fourth-order valence-electron chi connectivity index (χ4n) is 1.54. The minimum atomic E-state index is -2.37. The summed E-state index contributed by atoms with van der Waals surface area (Å²) in [6, 6.07) is 1.83. The number of nitrogens with zero attached hydrogens (tertiary/aromatic N) is 4. The van der Waals surface area contributed by atoms with Gasteiger partial charge in [-0.1, -0.05) is 11.6 Å². The number of nitriles is 1. The molecule has 9 heteroatoms. The zero-order chi connectivity index (χ0) is 13.4. The molecular weight excluding hydrogens is 278 g/mol. The van der Waals surface area contributed by atoms with E-state index in [1.54, 1.807) is 6.92 Å². The molecule has 0 aliphatic carbocycles. The highest BCUT2D eigenvalue weighted by Gasteiger charge is 2.17. The van der Waals surface area contributed by atoms with E-state index in [0.29, 0.717) is 5.69 Å². The lowest BCUT2D eigenvalue weighted by Crippen LogP contribution is -2.09. The molecule has 0 aliphatic heterocycles. The van der Waals surface area contributed by atoms with Crippen LogP contribution in [0, 0.1) is 18.3 Å². The van der Waals surface area contributed by atoms with Gasteiger partial charge in [-0.05, 0) is 18.0 Å². The van der Waals surface area contributed by atoms with Crippen LogP contribution >= 0.6 is 11.6 Å². The highest BCUT2D eigenvalue weighted by molar-refractivity contribution is 7.78. The van der Waals surface area contributed by atoms with Crippen LogP contribution in [0.15, 0.2) is 0 Å². The summed E-state index contributed by atoms with van der Waals surface area (Å²) in [5.74, 6) is -0.373. The van der Waals surface area contributed by atoms with Crippen molar-refractivity contribution in [3.63, 3.8) is 0 Å². The SMILES string of the molecule is Cc1nn2c(N)c(C#N)c(CS(=O)[O-])nc2c1Cl. The lowest BCUT2D eigenvalue weighted by atomic mass is 10.2. The quantitative estimate of drug-likeness (QED) is 0.803. The highest BCUT2D eigenvalue weighted by atomic mass is 35.5. The van der Waals surface area contributed by atoms with Gasteiger partial charge < -0.3 is 10.3 Å². The number of rotatable bonds is 2. The van der Waals surface area contributed by atoms with Crippen LogP contribution in [0.2, 0.25) is 5.02 Å². The number of hydrogen-bond acceptors (Lipinski definition) is 6. The summed E-state index contributed by atoms with van der Waals surface area (Å²) in [6.07, 6.45) is 0. The molecule has 0 fully saturated rings. The molecule has 2 rings (SSSR count). The second kappa shape index (κ2) is 4.53. The van der Waals surface area contributed by atoms with Crippen LogP contribution in [0.4, 0.5) is 5.82 Å². The Morgan fingerprint density at radius 3 is 2.89 bits per heavy atom. The number of aromatic nitrogens is 3. The fraction of sp³-hybridized carbons (Fsp3) is 0.222. The molecule has 7 nitrogen and oxygen atoms in total. The third kappa shape index (κ3) is 1.92. The van der Waals surface area contributed by atoms with Crippen LogP contribution in [-0.4, -0.2) is 23.4 Å². The van der Waals surface area contributed by atoms with E-state index in [1.807, 2.05) is 6.07 Å². The number of anilines is 1. The van der Waals surface area contributed by atoms with Crippen LogP contribution in [-0.2, 0) is 16.8 Å². The number of nitrogen functional groups attached to an aromatic ring is 1. The molecule has 2 heterocycles. The molecule has 0 amide bonds. The van der Waals surface area contributed by atoms with Gasteiger partial charge in [0.15, 0.2) is 5.65 Å². The molecule has 0 aliphatic rings. The van der Waals surface area contributed by atoms with E-state index in [9.17, 15) is 8.76 Å². The molecule has 18 heavy (non-hydrogen) atoms. The fourth-order valence-corrected chi connectivity index (χ4v) is 2.13. The van der Waals surface area contributed by atoms with Crippen molar-refractivity contribution in [2.45, 2.75) is 12.7 Å². The van der Waals surface area contributed by atoms with Crippen molar-refractivity contribution in [3.8, 4) is 6.07 Å². The van der Waals surface area contributed by atoms with Gasteiger partial charge in [-0.2, -0.15) is 14.9 Å². The Balaban J connectivity index is 2.82. The first-order chi connectivity index (χ1) is 8.45. The first-order valence-electron chi connectivity index (χ1n) is 4.74. The predicted molar refractivity (Wildman–Crippen MR) is 64.5 cm³/mol. The maximum absolute atomic E-state index is 10.7. The standard InChI is InChI=1S/C9H8ClN5O2S/c1-4-7(10)9-13-6(3-18(16)17)5(2-11)8(12)15(9)14-4/h3,12H2,1H3,(H,16,17)/p-1. The van der Waals surface area contributed by atoms with Gasteiger partial charge in [0.05, 0.1) is 17.1 Å². The normalized spacial score (nSPS) is 12.6. The van der Waals surface area contributed by atoms with E-state index >= 15 is 0 Å². The summed E-state index contributed by atoms with van der Waals surface area (Å²) < 4.78 is 22.7. The minimum Gasteiger partial charge on any atom is -0.772 e. The van der Waals surface area contributed by atoms with Crippen molar-refractivity contribution in [3.05, 3.63) is 22.0 Å². The maximum Gasteiger partial charge on any atom is 0.176 e. The zero-order valence-electron chi connectivity index (χ0n) is 9.18. The molecule has 0 bridgehead atoms. The van der Waals surface area contributed by atoms with Gasteiger partial charge in [0.1, 0.15) is 22.5 Å². The second-order valence-electron chi connectivity index (χ2n) is 3.51. The van der Waals surface area contributed by atoms with Crippen LogP contribution in [0.25, 0.3) is 5.65 Å². The molecule has 1 atom stereocenters. The molecule has 94 valence electrons. The van der Waals surface area contributed by atoms with Crippen molar-refractivity contribution in [2.75, 3.05) is 5.73 Å². The first-order valence-corrected chi connectivity index (χ1v) is 6.37. The lowest BCUT2D eigenvalue weighted by Gasteiger charge is -2.09. The topological polar surface area (TPSA) is 120 Å². The molecule has 0 saturated heterocycles.